The molecule has 0 aliphatic heterocycles. The number of carbonyl (C=O) groups excluding carboxylic acids is 2. The maximum absolute atomic E-state index is 12.2. The standard InChI is InChI=1S/C14H20O4/c1-4-6-7-11-13(16)10(9-18-5-2)8-12(15)14(11)17-3/h8H,4-7,9H2,1-3H3. The molecule has 0 unspecified atom stereocenters. The van der Waals surface area contributed by atoms with Gasteiger partial charge in [0.1, 0.15) is 0 Å². The molecule has 0 aromatic heterocycles. The third-order valence-corrected chi connectivity index (χ3v) is 2.82. The van der Waals surface area contributed by atoms with E-state index in [9.17, 15) is 9.59 Å². The SMILES string of the molecule is CCCCC1=C(OC)C(=O)C=C(COCC)C1=O. The minimum Gasteiger partial charge on any atom is -0.492 e. The van der Waals surface area contributed by atoms with Crippen molar-refractivity contribution >= 4 is 11.6 Å². The lowest BCUT2D eigenvalue weighted by atomic mass is 9.91. The number of rotatable bonds is 7. The Kier molecular flexibility index (Phi) is 5.78. The van der Waals surface area contributed by atoms with Gasteiger partial charge < -0.3 is 9.47 Å². The highest BCUT2D eigenvalue weighted by Crippen LogP contribution is 2.24. The van der Waals surface area contributed by atoms with Gasteiger partial charge in [-0.1, -0.05) is 13.3 Å². The summed E-state index contributed by atoms with van der Waals surface area (Å²) in [7, 11) is 1.42. The second kappa shape index (κ2) is 7.11. The summed E-state index contributed by atoms with van der Waals surface area (Å²) in [4.78, 5) is 24.1. The summed E-state index contributed by atoms with van der Waals surface area (Å²) in [5.74, 6) is -0.167. The van der Waals surface area contributed by atoms with E-state index in [1.165, 1.54) is 13.2 Å². The lowest BCUT2D eigenvalue weighted by Crippen LogP contribution is -2.23. The molecule has 0 bridgehead atoms. The maximum Gasteiger partial charge on any atom is 0.221 e. The number of hydrogen-bond donors (Lipinski definition) is 0. The molecule has 0 saturated heterocycles. The fourth-order valence-corrected chi connectivity index (χ4v) is 1.86. The van der Waals surface area contributed by atoms with Gasteiger partial charge in [-0.2, -0.15) is 0 Å². The van der Waals surface area contributed by atoms with E-state index >= 15 is 0 Å². The van der Waals surface area contributed by atoms with Gasteiger partial charge in [-0.15, -0.1) is 0 Å². The molecule has 0 N–H and O–H groups in total. The lowest BCUT2D eigenvalue weighted by Gasteiger charge is -2.17. The van der Waals surface area contributed by atoms with Gasteiger partial charge >= 0.3 is 0 Å². The Hall–Kier alpha value is -1.42. The van der Waals surface area contributed by atoms with Gasteiger partial charge in [0, 0.05) is 17.8 Å². The van der Waals surface area contributed by atoms with Crippen LogP contribution in [0.3, 0.4) is 0 Å². The molecule has 0 fully saturated rings. The Morgan fingerprint density at radius 2 is 1.94 bits per heavy atom. The normalized spacial score (nSPS) is 16.1. The predicted molar refractivity (Wildman–Crippen MR) is 68.2 cm³/mol. The first-order chi connectivity index (χ1) is 8.65. The van der Waals surface area contributed by atoms with Crippen molar-refractivity contribution in [2.75, 3.05) is 20.3 Å². The van der Waals surface area contributed by atoms with Crippen molar-refractivity contribution in [2.45, 2.75) is 33.1 Å². The number of Topliss-reactive ketones (excluding diaryl/α,β-unsaturated/α-hetero) is 1. The van der Waals surface area contributed by atoms with Gasteiger partial charge in [-0.3, -0.25) is 9.59 Å². The maximum atomic E-state index is 12.2. The third-order valence-electron chi connectivity index (χ3n) is 2.82. The number of hydrogen-bond acceptors (Lipinski definition) is 4. The van der Waals surface area contributed by atoms with Gasteiger partial charge in [-0.05, 0) is 25.8 Å². The minimum absolute atomic E-state index is 0.117. The summed E-state index contributed by atoms with van der Waals surface area (Å²) in [5, 5.41) is 0. The monoisotopic (exact) mass is 252 g/mol. The van der Waals surface area contributed by atoms with Crippen LogP contribution >= 0.6 is 0 Å². The predicted octanol–water partition coefficient (Wildman–Crippen LogP) is 2.19. The topological polar surface area (TPSA) is 52.6 Å². The van der Waals surface area contributed by atoms with E-state index < -0.39 is 0 Å². The van der Waals surface area contributed by atoms with Crippen molar-refractivity contribution in [2.24, 2.45) is 0 Å². The van der Waals surface area contributed by atoms with E-state index in [-0.39, 0.29) is 23.9 Å². The summed E-state index contributed by atoms with van der Waals surface area (Å²) in [6, 6.07) is 0. The molecule has 0 atom stereocenters. The fourth-order valence-electron chi connectivity index (χ4n) is 1.86. The number of ketones is 2. The van der Waals surface area contributed by atoms with Crippen LogP contribution in [-0.4, -0.2) is 31.9 Å². The first-order valence-corrected chi connectivity index (χ1v) is 6.30. The smallest absolute Gasteiger partial charge is 0.221 e. The molecule has 0 radical (unpaired) electrons. The van der Waals surface area contributed by atoms with Crippen molar-refractivity contribution in [3.05, 3.63) is 23.0 Å². The Labute approximate surface area is 108 Å². The van der Waals surface area contributed by atoms with E-state index in [4.69, 9.17) is 9.47 Å². The van der Waals surface area contributed by atoms with Crippen molar-refractivity contribution in [1.82, 2.24) is 0 Å². The Morgan fingerprint density at radius 3 is 2.50 bits per heavy atom. The van der Waals surface area contributed by atoms with Crippen LogP contribution in [0.2, 0.25) is 0 Å². The quantitative estimate of drug-likeness (QED) is 0.652. The van der Waals surface area contributed by atoms with Gasteiger partial charge in [0.2, 0.25) is 5.78 Å². The average molecular weight is 252 g/mol. The molecule has 0 aromatic carbocycles. The van der Waals surface area contributed by atoms with Gasteiger partial charge in [0.05, 0.1) is 13.7 Å². The molecule has 1 aliphatic rings. The van der Waals surface area contributed by atoms with Crippen LogP contribution in [0.25, 0.3) is 0 Å². The molecule has 18 heavy (non-hydrogen) atoms. The highest BCUT2D eigenvalue weighted by atomic mass is 16.5. The van der Waals surface area contributed by atoms with Crippen LogP contribution < -0.4 is 0 Å². The largest absolute Gasteiger partial charge is 0.492 e. The van der Waals surface area contributed by atoms with Crippen molar-refractivity contribution in [3.63, 3.8) is 0 Å². The van der Waals surface area contributed by atoms with Crippen LogP contribution in [0.5, 0.6) is 0 Å². The first-order valence-electron chi connectivity index (χ1n) is 6.30. The van der Waals surface area contributed by atoms with Gasteiger partial charge in [-0.25, -0.2) is 0 Å². The second-order valence-corrected chi connectivity index (χ2v) is 4.12. The molecule has 1 aliphatic carbocycles. The average Bonchev–Trinajstić information content (AvgIpc) is 2.37. The number of methoxy groups -OCH3 is 1. The number of allylic oxidation sites excluding steroid dienone is 2. The fraction of sp³-hybridized carbons (Fsp3) is 0.571. The molecular weight excluding hydrogens is 232 g/mol. The summed E-state index contributed by atoms with van der Waals surface area (Å²) in [6.45, 7) is 4.60. The zero-order chi connectivity index (χ0) is 13.5. The minimum atomic E-state index is -0.238. The summed E-state index contributed by atoms with van der Waals surface area (Å²) < 4.78 is 10.3. The zero-order valence-corrected chi connectivity index (χ0v) is 11.2. The first kappa shape index (κ1) is 14.6. The molecule has 0 heterocycles. The molecule has 4 nitrogen and oxygen atoms in total. The Morgan fingerprint density at radius 1 is 1.22 bits per heavy atom. The van der Waals surface area contributed by atoms with Crippen LogP contribution in [0.4, 0.5) is 0 Å². The highest BCUT2D eigenvalue weighted by molar-refractivity contribution is 6.22. The molecule has 0 aromatic rings. The van der Waals surface area contributed by atoms with E-state index in [0.29, 0.717) is 24.2 Å². The zero-order valence-electron chi connectivity index (χ0n) is 11.2. The summed E-state index contributed by atoms with van der Waals surface area (Å²) in [5.41, 5.74) is 0.912. The van der Waals surface area contributed by atoms with E-state index in [1.54, 1.807) is 0 Å². The van der Waals surface area contributed by atoms with Crippen molar-refractivity contribution in [3.8, 4) is 0 Å². The van der Waals surface area contributed by atoms with E-state index in [0.717, 1.165) is 12.8 Å². The molecule has 0 amide bonds. The van der Waals surface area contributed by atoms with Crippen LogP contribution in [0.1, 0.15) is 33.1 Å². The number of ether oxygens (including phenoxy) is 2. The molecule has 0 spiro atoms. The molecule has 0 saturated carbocycles. The highest BCUT2D eigenvalue weighted by Gasteiger charge is 2.28. The van der Waals surface area contributed by atoms with E-state index in [1.807, 2.05) is 13.8 Å². The third kappa shape index (κ3) is 3.29. The molecular formula is C14H20O4. The second-order valence-electron chi connectivity index (χ2n) is 4.12. The Balaban J connectivity index is 2.93. The molecule has 100 valence electrons. The molecule has 4 heteroatoms. The lowest BCUT2D eigenvalue weighted by molar-refractivity contribution is -0.118. The van der Waals surface area contributed by atoms with Gasteiger partial charge in [0.25, 0.3) is 0 Å². The molecule has 1 rings (SSSR count). The van der Waals surface area contributed by atoms with Crippen LogP contribution in [0, 0.1) is 0 Å². The summed E-state index contributed by atoms with van der Waals surface area (Å²) >= 11 is 0. The van der Waals surface area contributed by atoms with Gasteiger partial charge in [0.15, 0.2) is 11.5 Å². The van der Waals surface area contributed by atoms with Crippen LogP contribution in [-0.2, 0) is 19.1 Å². The van der Waals surface area contributed by atoms with Crippen molar-refractivity contribution in [1.29, 1.82) is 0 Å². The number of unbranched alkanes of at least 4 members (excludes halogenated alkanes) is 1. The number of carbonyl (C=O) groups is 2. The van der Waals surface area contributed by atoms with Crippen molar-refractivity contribution < 1.29 is 19.1 Å². The summed E-state index contributed by atoms with van der Waals surface area (Å²) in [6.07, 6.45) is 3.73. The Bertz CT molecular complexity index is 391. The van der Waals surface area contributed by atoms with E-state index in [2.05, 4.69) is 0 Å². The van der Waals surface area contributed by atoms with Crippen LogP contribution in [0.15, 0.2) is 23.0 Å².